The Morgan fingerprint density at radius 1 is 1.13 bits per heavy atom. The lowest BCUT2D eigenvalue weighted by molar-refractivity contribution is -0.159. The Morgan fingerprint density at radius 3 is 2.39 bits per heavy atom. The number of ether oxygens (including phenoxy) is 2. The molecule has 1 aromatic carbocycles. The van der Waals surface area contributed by atoms with Crippen LogP contribution in [0.1, 0.15) is 38.7 Å². The number of rotatable bonds is 5. The molecule has 5 nitrogen and oxygen atoms in total. The summed E-state index contributed by atoms with van der Waals surface area (Å²) in [4.78, 5) is 36.9. The van der Waals surface area contributed by atoms with E-state index in [0.29, 0.717) is 6.42 Å². The first-order chi connectivity index (χ1) is 11.0. The van der Waals surface area contributed by atoms with Gasteiger partial charge in [0, 0.05) is 6.42 Å². The van der Waals surface area contributed by atoms with Crippen molar-refractivity contribution in [3.8, 4) is 0 Å². The Morgan fingerprint density at radius 2 is 1.78 bits per heavy atom. The molecule has 0 aliphatic heterocycles. The lowest BCUT2D eigenvalue weighted by Gasteiger charge is -2.37. The van der Waals surface area contributed by atoms with Crippen molar-refractivity contribution in [2.45, 2.75) is 38.5 Å². The van der Waals surface area contributed by atoms with E-state index in [1.54, 1.807) is 13.8 Å². The Bertz CT molecular complexity index is 580. The highest BCUT2D eigenvalue weighted by Crippen LogP contribution is 2.42. The van der Waals surface area contributed by atoms with Gasteiger partial charge in [0.15, 0.2) is 0 Å². The van der Waals surface area contributed by atoms with E-state index in [1.807, 2.05) is 30.3 Å². The quantitative estimate of drug-likeness (QED) is 0.616. The highest BCUT2D eigenvalue weighted by Gasteiger charge is 2.50. The molecule has 0 spiro atoms. The highest BCUT2D eigenvalue weighted by atomic mass is 16.5. The number of esters is 2. The summed E-state index contributed by atoms with van der Waals surface area (Å²) in [7, 11) is 0. The Balaban J connectivity index is 2.40. The molecule has 0 aromatic heterocycles. The molecule has 2 atom stereocenters. The number of hydrogen-bond donors (Lipinski definition) is 0. The van der Waals surface area contributed by atoms with Crippen molar-refractivity contribution in [1.82, 2.24) is 0 Å². The van der Waals surface area contributed by atoms with Crippen LogP contribution in [-0.2, 0) is 29.3 Å². The van der Waals surface area contributed by atoms with E-state index in [9.17, 15) is 14.4 Å². The molecule has 5 heteroatoms. The summed E-state index contributed by atoms with van der Waals surface area (Å²) in [6.07, 6.45) is 0.620. The molecule has 0 bridgehead atoms. The first-order valence-electron chi connectivity index (χ1n) is 7.97. The molecule has 1 fully saturated rings. The van der Waals surface area contributed by atoms with Gasteiger partial charge in [-0.15, -0.1) is 0 Å². The van der Waals surface area contributed by atoms with Gasteiger partial charge < -0.3 is 9.47 Å². The van der Waals surface area contributed by atoms with Gasteiger partial charge in [0.2, 0.25) is 0 Å². The summed E-state index contributed by atoms with van der Waals surface area (Å²) in [6.45, 7) is 3.90. The van der Waals surface area contributed by atoms with Crippen molar-refractivity contribution in [2.75, 3.05) is 13.2 Å². The lowest BCUT2D eigenvalue weighted by atomic mass is 9.65. The van der Waals surface area contributed by atoms with Gasteiger partial charge >= 0.3 is 11.9 Å². The van der Waals surface area contributed by atoms with E-state index in [4.69, 9.17) is 9.47 Å². The number of benzene rings is 1. The third-order valence-corrected chi connectivity index (χ3v) is 4.30. The largest absolute Gasteiger partial charge is 0.465 e. The van der Waals surface area contributed by atoms with E-state index in [1.165, 1.54) is 0 Å². The van der Waals surface area contributed by atoms with Gasteiger partial charge in [-0.1, -0.05) is 30.3 Å². The van der Waals surface area contributed by atoms with Crippen molar-refractivity contribution in [1.29, 1.82) is 0 Å². The van der Waals surface area contributed by atoms with Gasteiger partial charge in [0.05, 0.1) is 18.6 Å². The minimum atomic E-state index is -0.970. The number of carbonyl (C=O) groups is 3. The van der Waals surface area contributed by atoms with Crippen LogP contribution in [0.4, 0.5) is 0 Å². The number of hydrogen-bond acceptors (Lipinski definition) is 5. The minimum absolute atomic E-state index is 0.105. The van der Waals surface area contributed by atoms with Gasteiger partial charge in [0.25, 0.3) is 0 Å². The molecule has 0 heterocycles. The predicted molar refractivity (Wildman–Crippen MR) is 83.7 cm³/mol. The molecular weight excluding hydrogens is 296 g/mol. The Hall–Kier alpha value is -2.17. The SMILES string of the molecule is CCOC(=O)[C@H]1C[C@@](C(=O)OCC)(c2ccccc2)CCC1=O. The molecule has 0 unspecified atom stereocenters. The summed E-state index contributed by atoms with van der Waals surface area (Å²) in [6, 6.07) is 9.22. The average Bonchev–Trinajstić information content (AvgIpc) is 2.56. The molecule has 2 rings (SSSR count). The molecule has 124 valence electrons. The molecule has 1 aromatic rings. The van der Waals surface area contributed by atoms with Crippen molar-refractivity contribution in [3.63, 3.8) is 0 Å². The maximum atomic E-state index is 12.7. The minimum Gasteiger partial charge on any atom is -0.465 e. The number of ketones is 1. The van der Waals surface area contributed by atoms with Crippen LogP contribution in [0.25, 0.3) is 0 Å². The van der Waals surface area contributed by atoms with E-state index in [2.05, 4.69) is 0 Å². The lowest BCUT2D eigenvalue weighted by Crippen LogP contribution is -2.47. The van der Waals surface area contributed by atoms with Crippen LogP contribution < -0.4 is 0 Å². The average molecular weight is 318 g/mol. The van der Waals surface area contributed by atoms with Crippen LogP contribution >= 0.6 is 0 Å². The zero-order chi connectivity index (χ0) is 16.9. The summed E-state index contributed by atoms with van der Waals surface area (Å²) >= 11 is 0. The van der Waals surface area contributed by atoms with Gasteiger partial charge in [0.1, 0.15) is 11.7 Å². The standard InChI is InChI=1S/C18H22O5/c1-3-22-16(20)14-12-18(11-10-15(14)19,17(21)23-4-2)13-8-6-5-7-9-13/h5-9,14H,3-4,10-12H2,1-2H3/t14-,18+/m0/s1. The normalized spacial score (nSPS) is 24.1. The second kappa shape index (κ2) is 7.40. The Kier molecular flexibility index (Phi) is 5.53. The molecule has 0 radical (unpaired) electrons. The zero-order valence-electron chi connectivity index (χ0n) is 13.5. The predicted octanol–water partition coefficient (Wildman–Crippen LogP) is 2.42. The molecule has 1 aliphatic rings. The Labute approximate surface area is 136 Å². The monoisotopic (exact) mass is 318 g/mol. The molecule has 1 saturated carbocycles. The van der Waals surface area contributed by atoms with Crippen LogP contribution in [0.5, 0.6) is 0 Å². The third kappa shape index (κ3) is 3.44. The second-order valence-corrected chi connectivity index (χ2v) is 5.64. The van der Waals surface area contributed by atoms with Crippen molar-refractivity contribution in [3.05, 3.63) is 35.9 Å². The smallest absolute Gasteiger partial charge is 0.316 e. The maximum absolute atomic E-state index is 12.7. The van der Waals surface area contributed by atoms with Crippen molar-refractivity contribution < 1.29 is 23.9 Å². The van der Waals surface area contributed by atoms with E-state index in [-0.39, 0.29) is 37.8 Å². The van der Waals surface area contributed by atoms with E-state index < -0.39 is 17.3 Å². The topological polar surface area (TPSA) is 69.7 Å². The molecule has 0 saturated heterocycles. The van der Waals surface area contributed by atoms with Crippen molar-refractivity contribution in [2.24, 2.45) is 5.92 Å². The van der Waals surface area contributed by atoms with Crippen LogP contribution in [0.2, 0.25) is 0 Å². The van der Waals surface area contributed by atoms with Gasteiger partial charge in [-0.3, -0.25) is 14.4 Å². The summed E-state index contributed by atoms with van der Waals surface area (Å²) in [5.74, 6) is -2.01. The number of carbonyl (C=O) groups excluding carboxylic acids is 3. The fourth-order valence-electron chi connectivity index (χ4n) is 3.12. The third-order valence-electron chi connectivity index (χ3n) is 4.30. The van der Waals surface area contributed by atoms with Crippen LogP contribution in [-0.4, -0.2) is 30.9 Å². The van der Waals surface area contributed by atoms with E-state index >= 15 is 0 Å². The molecule has 0 amide bonds. The fourth-order valence-corrected chi connectivity index (χ4v) is 3.12. The van der Waals surface area contributed by atoms with Gasteiger partial charge in [-0.2, -0.15) is 0 Å². The molecule has 23 heavy (non-hydrogen) atoms. The first-order valence-corrected chi connectivity index (χ1v) is 7.97. The van der Waals surface area contributed by atoms with E-state index in [0.717, 1.165) is 5.56 Å². The summed E-state index contributed by atoms with van der Waals surface area (Å²) < 4.78 is 10.3. The second-order valence-electron chi connectivity index (χ2n) is 5.64. The van der Waals surface area contributed by atoms with Gasteiger partial charge in [-0.25, -0.2) is 0 Å². The zero-order valence-corrected chi connectivity index (χ0v) is 13.5. The van der Waals surface area contributed by atoms with Gasteiger partial charge in [-0.05, 0) is 32.3 Å². The maximum Gasteiger partial charge on any atom is 0.316 e. The fraction of sp³-hybridized carbons (Fsp3) is 0.500. The highest BCUT2D eigenvalue weighted by molar-refractivity contribution is 6.01. The van der Waals surface area contributed by atoms with Crippen LogP contribution in [0, 0.1) is 5.92 Å². The molecule has 1 aliphatic carbocycles. The first kappa shape index (κ1) is 17.2. The number of Topliss-reactive ketones (excluding diaryl/α,β-unsaturated/α-hetero) is 1. The summed E-state index contributed by atoms with van der Waals surface area (Å²) in [5, 5.41) is 0. The summed E-state index contributed by atoms with van der Waals surface area (Å²) in [5.41, 5.74) is -0.192. The molecule has 0 N–H and O–H groups in total. The van der Waals surface area contributed by atoms with Crippen LogP contribution in [0.3, 0.4) is 0 Å². The molecular formula is C18H22O5. The van der Waals surface area contributed by atoms with Crippen LogP contribution in [0.15, 0.2) is 30.3 Å². The van der Waals surface area contributed by atoms with Crippen molar-refractivity contribution >= 4 is 17.7 Å².